The molecule has 0 unspecified atom stereocenters. The van der Waals surface area contributed by atoms with Crippen molar-refractivity contribution in [1.29, 1.82) is 0 Å². The van der Waals surface area contributed by atoms with E-state index in [0.29, 0.717) is 0 Å². The second-order valence-corrected chi connectivity index (χ2v) is 3.86. The maximum atomic E-state index is 11.6. The second kappa shape index (κ2) is 3.56. The lowest BCUT2D eigenvalue weighted by Gasteiger charge is -2.16. The summed E-state index contributed by atoms with van der Waals surface area (Å²) in [6.45, 7) is 6.67. The van der Waals surface area contributed by atoms with Gasteiger partial charge in [0, 0.05) is 12.5 Å². The highest BCUT2D eigenvalue weighted by molar-refractivity contribution is 5.91. The number of rotatable bonds is 5. The number of carbonyl (C=O) groups excluding carboxylic acids is 1. The molecular weight excluding hydrogens is 152 g/mol. The third kappa shape index (κ3) is 1.86. The smallest absolute Gasteiger partial charge is 0.167 e. The Morgan fingerprint density at radius 1 is 1.50 bits per heavy atom. The number of ketones is 1. The van der Waals surface area contributed by atoms with Gasteiger partial charge >= 0.3 is 0 Å². The maximum Gasteiger partial charge on any atom is 0.167 e. The first-order valence-electron chi connectivity index (χ1n) is 4.80. The number of Topliss-reactive ketones (excluding diaryl/α,β-unsaturated/α-hetero) is 1. The van der Waals surface area contributed by atoms with Crippen molar-refractivity contribution in [1.82, 2.24) is 0 Å². The van der Waals surface area contributed by atoms with Crippen LogP contribution in [0.1, 0.15) is 40.0 Å². The fourth-order valence-electron chi connectivity index (χ4n) is 1.40. The van der Waals surface area contributed by atoms with E-state index in [9.17, 15) is 4.79 Å². The van der Waals surface area contributed by atoms with Crippen molar-refractivity contribution in [2.24, 2.45) is 5.92 Å². The maximum absolute atomic E-state index is 11.6. The molecule has 0 N–H and O–H groups in total. The molecule has 0 atom stereocenters. The van der Waals surface area contributed by atoms with Crippen molar-refractivity contribution >= 4 is 5.78 Å². The van der Waals surface area contributed by atoms with Crippen molar-refractivity contribution in [3.05, 3.63) is 0 Å². The van der Waals surface area contributed by atoms with Crippen LogP contribution >= 0.6 is 0 Å². The van der Waals surface area contributed by atoms with Crippen molar-refractivity contribution in [3.8, 4) is 0 Å². The summed E-state index contributed by atoms with van der Waals surface area (Å²) in [4.78, 5) is 11.6. The van der Waals surface area contributed by atoms with Crippen molar-refractivity contribution in [2.75, 3.05) is 6.61 Å². The van der Waals surface area contributed by atoms with E-state index in [4.69, 9.17) is 4.74 Å². The summed E-state index contributed by atoms with van der Waals surface area (Å²) < 4.78 is 5.56. The van der Waals surface area contributed by atoms with Gasteiger partial charge in [-0.25, -0.2) is 0 Å². The Bertz CT molecular complexity index is 169. The lowest BCUT2D eigenvalue weighted by molar-refractivity contribution is -0.136. The highest BCUT2D eigenvalue weighted by atomic mass is 16.5. The predicted molar refractivity (Wildman–Crippen MR) is 48.1 cm³/mol. The molecule has 0 amide bonds. The molecule has 0 aromatic heterocycles. The second-order valence-electron chi connectivity index (χ2n) is 3.86. The molecule has 1 aliphatic rings. The van der Waals surface area contributed by atoms with Crippen molar-refractivity contribution in [3.63, 3.8) is 0 Å². The van der Waals surface area contributed by atoms with Gasteiger partial charge in [0.1, 0.15) is 5.60 Å². The van der Waals surface area contributed by atoms with Crippen LogP contribution in [0.3, 0.4) is 0 Å². The van der Waals surface area contributed by atoms with Gasteiger partial charge in [-0.15, -0.1) is 0 Å². The molecule has 2 heteroatoms. The Kier molecular flexibility index (Phi) is 2.89. The zero-order valence-electron chi connectivity index (χ0n) is 8.22. The quantitative estimate of drug-likeness (QED) is 0.632. The van der Waals surface area contributed by atoms with Gasteiger partial charge in [0.2, 0.25) is 0 Å². The molecule has 0 bridgehead atoms. The normalized spacial score (nSPS) is 19.7. The number of ether oxygens (including phenoxy) is 1. The summed E-state index contributed by atoms with van der Waals surface area (Å²) in [7, 11) is 0. The van der Waals surface area contributed by atoms with E-state index in [2.05, 4.69) is 6.92 Å². The fraction of sp³-hybridized carbons (Fsp3) is 0.900. The van der Waals surface area contributed by atoms with E-state index < -0.39 is 0 Å². The van der Waals surface area contributed by atoms with Crippen LogP contribution < -0.4 is 0 Å². The molecule has 1 rings (SSSR count). The molecule has 0 spiro atoms. The molecule has 1 fully saturated rings. The molecule has 70 valence electrons. The topological polar surface area (TPSA) is 26.3 Å². The molecule has 1 aliphatic carbocycles. The van der Waals surface area contributed by atoms with E-state index >= 15 is 0 Å². The largest absolute Gasteiger partial charge is 0.367 e. The van der Waals surface area contributed by atoms with Crippen LogP contribution in [0, 0.1) is 5.92 Å². The lowest BCUT2D eigenvalue weighted by atomic mass is 10.0. The van der Waals surface area contributed by atoms with Crippen LogP contribution in [-0.4, -0.2) is 18.0 Å². The monoisotopic (exact) mass is 170 g/mol. The van der Waals surface area contributed by atoms with Crippen molar-refractivity contribution in [2.45, 2.75) is 45.6 Å². The number of carbonyl (C=O) groups is 1. The standard InChI is InChI=1S/C10H18O2/c1-4-7-12-10(5-6-10)9(11)8(2)3/h8H,4-7H2,1-3H3. The van der Waals surface area contributed by atoms with Gasteiger partial charge in [-0.1, -0.05) is 20.8 Å². The summed E-state index contributed by atoms with van der Waals surface area (Å²) in [5.41, 5.74) is -0.357. The van der Waals surface area contributed by atoms with Crippen LogP contribution in [0.25, 0.3) is 0 Å². The first kappa shape index (κ1) is 9.72. The van der Waals surface area contributed by atoms with Gasteiger partial charge in [0.15, 0.2) is 5.78 Å². The number of hydrogen-bond donors (Lipinski definition) is 0. The van der Waals surface area contributed by atoms with E-state index in [-0.39, 0.29) is 17.3 Å². The first-order chi connectivity index (χ1) is 5.62. The average molecular weight is 170 g/mol. The molecular formula is C10H18O2. The minimum Gasteiger partial charge on any atom is -0.367 e. The van der Waals surface area contributed by atoms with Crippen LogP contribution in [0.15, 0.2) is 0 Å². The predicted octanol–water partition coefficient (Wildman–Crippen LogP) is 2.17. The van der Waals surface area contributed by atoms with Crippen LogP contribution in [0.5, 0.6) is 0 Å². The summed E-state index contributed by atoms with van der Waals surface area (Å²) in [6, 6.07) is 0. The van der Waals surface area contributed by atoms with E-state index in [1.54, 1.807) is 0 Å². The van der Waals surface area contributed by atoms with Gasteiger partial charge in [0.05, 0.1) is 0 Å². The molecule has 12 heavy (non-hydrogen) atoms. The molecule has 0 aliphatic heterocycles. The number of hydrogen-bond acceptors (Lipinski definition) is 2. The zero-order chi connectivity index (χ0) is 9.19. The Labute approximate surface area is 74.3 Å². The van der Waals surface area contributed by atoms with Crippen LogP contribution in [-0.2, 0) is 9.53 Å². The molecule has 2 nitrogen and oxygen atoms in total. The Hall–Kier alpha value is -0.370. The first-order valence-corrected chi connectivity index (χ1v) is 4.80. The molecule has 0 aromatic carbocycles. The Balaban J connectivity index is 2.43. The highest BCUT2D eigenvalue weighted by Gasteiger charge is 2.51. The van der Waals surface area contributed by atoms with Gasteiger partial charge in [-0.05, 0) is 19.3 Å². The summed E-state index contributed by atoms with van der Waals surface area (Å²) in [5.74, 6) is 0.403. The average Bonchev–Trinajstić information content (AvgIpc) is 2.80. The van der Waals surface area contributed by atoms with Crippen LogP contribution in [0.2, 0.25) is 0 Å². The third-order valence-corrected chi connectivity index (χ3v) is 2.26. The van der Waals surface area contributed by atoms with Gasteiger partial charge < -0.3 is 4.74 Å². The van der Waals surface area contributed by atoms with Gasteiger partial charge in [0.25, 0.3) is 0 Å². The molecule has 0 aromatic rings. The summed E-state index contributed by atoms with van der Waals surface area (Å²) >= 11 is 0. The van der Waals surface area contributed by atoms with Crippen molar-refractivity contribution < 1.29 is 9.53 Å². The van der Waals surface area contributed by atoms with E-state index in [1.807, 2.05) is 13.8 Å². The van der Waals surface area contributed by atoms with E-state index in [1.165, 1.54) is 0 Å². The molecule has 0 saturated heterocycles. The Morgan fingerprint density at radius 3 is 2.42 bits per heavy atom. The molecule has 1 saturated carbocycles. The van der Waals surface area contributed by atoms with E-state index in [0.717, 1.165) is 25.9 Å². The SMILES string of the molecule is CCCOC1(C(=O)C(C)C)CC1. The van der Waals surface area contributed by atoms with Gasteiger partial charge in [-0.3, -0.25) is 4.79 Å². The molecule has 0 heterocycles. The summed E-state index contributed by atoms with van der Waals surface area (Å²) in [5, 5.41) is 0. The Morgan fingerprint density at radius 2 is 2.08 bits per heavy atom. The minimum atomic E-state index is -0.357. The highest BCUT2D eigenvalue weighted by Crippen LogP contribution is 2.42. The van der Waals surface area contributed by atoms with Crippen LogP contribution in [0.4, 0.5) is 0 Å². The fourth-order valence-corrected chi connectivity index (χ4v) is 1.40. The zero-order valence-corrected chi connectivity index (χ0v) is 8.22. The third-order valence-electron chi connectivity index (χ3n) is 2.26. The summed E-state index contributed by atoms with van der Waals surface area (Å²) in [6.07, 6.45) is 2.86. The minimum absolute atomic E-state index is 0.115. The molecule has 0 radical (unpaired) electrons. The lowest BCUT2D eigenvalue weighted by Crippen LogP contribution is -2.30. The van der Waals surface area contributed by atoms with Gasteiger partial charge in [-0.2, -0.15) is 0 Å².